The Morgan fingerprint density at radius 3 is 2.30 bits per heavy atom. The maximum atomic E-state index is 11.8. The van der Waals surface area contributed by atoms with Gasteiger partial charge in [-0.05, 0) is 20.8 Å². The third kappa shape index (κ3) is 7.85. The van der Waals surface area contributed by atoms with E-state index in [2.05, 4.69) is 15.8 Å². The van der Waals surface area contributed by atoms with Gasteiger partial charge in [0, 0.05) is 5.56 Å². The first-order chi connectivity index (χ1) is 10.8. The fraction of sp³-hybridized carbons (Fsp3) is 0.438. The summed E-state index contributed by atoms with van der Waals surface area (Å²) < 4.78 is 5.05. The number of nitrogens with zero attached hydrogens (tertiary/aromatic N) is 1. The number of carbonyl (C=O) groups is 2. The van der Waals surface area contributed by atoms with Crippen molar-refractivity contribution < 1.29 is 19.2 Å². The van der Waals surface area contributed by atoms with Gasteiger partial charge >= 0.3 is 6.09 Å². The van der Waals surface area contributed by atoms with Gasteiger partial charge < -0.3 is 20.2 Å². The number of ether oxygens (including phenoxy) is 1. The minimum absolute atomic E-state index is 0.177. The molecule has 0 saturated carbocycles. The molecule has 1 aromatic carbocycles. The number of benzene rings is 1. The average Bonchev–Trinajstić information content (AvgIpc) is 2.48. The monoisotopic (exact) mass is 321 g/mol. The zero-order chi connectivity index (χ0) is 17.3. The van der Waals surface area contributed by atoms with Crippen molar-refractivity contribution >= 4 is 17.7 Å². The highest BCUT2D eigenvalue weighted by Gasteiger charge is 2.16. The molecule has 0 radical (unpaired) electrons. The first-order valence-corrected chi connectivity index (χ1v) is 7.21. The Morgan fingerprint density at radius 2 is 1.74 bits per heavy atom. The second-order valence-electron chi connectivity index (χ2n) is 5.72. The normalized spacial score (nSPS) is 11.6. The Bertz CT molecular complexity index is 550. The lowest BCUT2D eigenvalue weighted by atomic mass is 10.1. The van der Waals surface area contributed by atoms with E-state index < -0.39 is 11.7 Å². The molecule has 126 valence electrons. The first-order valence-electron chi connectivity index (χ1n) is 7.21. The lowest BCUT2D eigenvalue weighted by molar-refractivity contribution is -0.120. The lowest BCUT2D eigenvalue weighted by Crippen LogP contribution is -2.41. The van der Waals surface area contributed by atoms with Crippen LogP contribution in [0.15, 0.2) is 35.5 Å². The largest absolute Gasteiger partial charge is 0.444 e. The number of hydrogen-bond donors (Lipinski definition) is 2. The third-order valence-corrected chi connectivity index (χ3v) is 2.55. The number of carbonyl (C=O) groups excluding carboxylic acids is 2. The molecule has 0 fully saturated rings. The van der Waals surface area contributed by atoms with Gasteiger partial charge in [-0.1, -0.05) is 35.5 Å². The molecular formula is C16H23N3O4. The molecule has 7 nitrogen and oxygen atoms in total. The number of alkyl carbamates (subject to hydrolysis) is 1. The van der Waals surface area contributed by atoms with Crippen molar-refractivity contribution in [3.63, 3.8) is 0 Å². The topological polar surface area (TPSA) is 89.0 Å². The Kier molecular flexibility index (Phi) is 7.05. The molecule has 0 unspecified atom stereocenters. The molecule has 0 bridgehead atoms. The van der Waals surface area contributed by atoms with Gasteiger partial charge in [0.2, 0.25) is 5.91 Å². The minimum atomic E-state index is -0.638. The van der Waals surface area contributed by atoms with Crippen LogP contribution in [0.4, 0.5) is 4.79 Å². The smallest absolute Gasteiger partial charge is 0.408 e. The van der Waals surface area contributed by atoms with E-state index in [9.17, 15) is 9.59 Å². The third-order valence-electron chi connectivity index (χ3n) is 2.55. The van der Waals surface area contributed by atoms with E-state index in [1.54, 1.807) is 20.8 Å². The van der Waals surface area contributed by atoms with Gasteiger partial charge in [-0.25, -0.2) is 4.79 Å². The summed E-state index contributed by atoms with van der Waals surface area (Å²) in [5, 5.41) is 8.95. The van der Waals surface area contributed by atoms with Crippen LogP contribution >= 0.6 is 0 Å². The molecule has 0 aliphatic heterocycles. The van der Waals surface area contributed by atoms with Crippen LogP contribution in [-0.4, -0.2) is 43.5 Å². The predicted molar refractivity (Wildman–Crippen MR) is 87.2 cm³/mol. The molecule has 1 aromatic rings. The van der Waals surface area contributed by atoms with Crippen molar-refractivity contribution in [3.05, 3.63) is 35.9 Å². The zero-order valence-electron chi connectivity index (χ0n) is 13.9. The van der Waals surface area contributed by atoms with Gasteiger partial charge in [0.25, 0.3) is 0 Å². The van der Waals surface area contributed by atoms with Crippen LogP contribution in [0.1, 0.15) is 26.3 Å². The molecule has 0 aliphatic rings. The summed E-state index contributed by atoms with van der Waals surface area (Å²) in [6.07, 6.45) is -0.638. The molecule has 2 N–H and O–H groups in total. The molecule has 1 rings (SSSR count). The molecule has 0 aliphatic carbocycles. The molecule has 0 atom stereocenters. The van der Waals surface area contributed by atoms with E-state index in [0.29, 0.717) is 5.71 Å². The number of rotatable bonds is 6. The molecule has 23 heavy (non-hydrogen) atoms. The van der Waals surface area contributed by atoms with Gasteiger partial charge in [-0.15, -0.1) is 0 Å². The van der Waals surface area contributed by atoms with E-state index in [0.717, 1.165) is 5.56 Å². The standard InChI is InChI=1S/C16H23N3O4/c1-16(2,3)23-15(21)18-11-14(20)17-10-13(19-22-4)12-8-6-5-7-9-12/h5-9H,10-11H2,1-4H3,(H,17,20)(H,18,21). The van der Waals surface area contributed by atoms with E-state index in [4.69, 9.17) is 9.57 Å². The quantitative estimate of drug-likeness (QED) is 0.616. The van der Waals surface area contributed by atoms with Crippen LogP contribution in [0.2, 0.25) is 0 Å². The maximum Gasteiger partial charge on any atom is 0.408 e. The number of hydrogen-bond acceptors (Lipinski definition) is 5. The van der Waals surface area contributed by atoms with E-state index in [-0.39, 0.29) is 19.0 Å². The zero-order valence-corrected chi connectivity index (χ0v) is 13.9. The molecular weight excluding hydrogens is 298 g/mol. The number of nitrogens with one attached hydrogen (secondary N) is 2. The summed E-state index contributed by atoms with van der Waals surface area (Å²) in [6, 6.07) is 9.35. The highest BCUT2D eigenvalue weighted by molar-refractivity contribution is 6.03. The summed E-state index contributed by atoms with van der Waals surface area (Å²) in [5.41, 5.74) is 0.820. The second kappa shape index (κ2) is 8.77. The van der Waals surface area contributed by atoms with Gasteiger partial charge in [0.15, 0.2) is 0 Å². The average molecular weight is 321 g/mol. The maximum absolute atomic E-state index is 11.8. The van der Waals surface area contributed by atoms with Crippen LogP contribution in [0.3, 0.4) is 0 Å². The molecule has 0 saturated heterocycles. The highest BCUT2D eigenvalue weighted by atomic mass is 16.6. The van der Waals surface area contributed by atoms with Gasteiger partial charge in [-0.2, -0.15) is 0 Å². The summed E-state index contributed by atoms with van der Waals surface area (Å²) in [6.45, 7) is 5.26. The summed E-state index contributed by atoms with van der Waals surface area (Å²) in [5.74, 6) is -0.351. The van der Waals surface area contributed by atoms with E-state index >= 15 is 0 Å². The fourth-order valence-electron chi connectivity index (χ4n) is 1.64. The van der Waals surface area contributed by atoms with Crippen molar-refractivity contribution in [1.82, 2.24) is 10.6 Å². The van der Waals surface area contributed by atoms with Crippen LogP contribution < -0.4 is 10.6 Å². The van der Waals surface area contributed by atoms with Crippen LogP contribution in [0, 0.1) is 0 Å². The molecule has 0 aromatic heterocycles. The van der Waals surface area contributed by atoms with Crippen LogP contribution in [-0.2, 0) is 14.4 Å². The van der Waals surface area contributed by atoms with Crippen LogP contribution in [0.25, 0.3) is 0 Å². The predicted octanol–water partition coefficient (Wildman–Crippen LogP) is 1.68. The minimum Gasteiger partial charge on any atom is -0.444 e. The summed E-state index contributed by atoms with van der Waals surface area (Å²) >= 11 is 0. The van der Waals surface area contributed by atoms with Crippen molar-refractivity contribution in [3.8, 4) is 0 Å². The van der Waals surface area contributed by atoms with Crippen molar-refractivity contribution in [1.29, 1.82) is 0 Å². The number of amides is 2. The van der Waals surface area contributed by atoms with Gasteiger partial charge in [0.05, 0.1) is 6.54 Å². The molecule has 0 spiro atoms. The summed E-state index contributed by atoms with van der Waals surface area (Å²) in [4.78, 5) is 28.0. The fourth-order valence-corrected chi connectivity index (χ4v) is 1.64. The highest BCUT2D eigenvalue weighted by Crippen LogP contribution is 2.06. The van der Waals surface area contributed by atoms with Crippen molar-refractivity contribution in [2.45, 2.75) is 26.4 Å². The number of oxime groups is 1. The Morgan fingerprint density at radius 1 is 1.09 bits per heavy atom. The van der Waals surface area contributed by atoms with Crippen molar-refractivity contribution in [2.24, 2.45) is 5.16 Å². The molecule has 2 amide bonds. The lowest BCUT2D eigenvalue weighted by Gasteiger charge is -2.19. The Balaban J connectivity index is 2.45. The Labute approximate surface area is 136 Å². The van der Waals surface area contributed by atoms with Crippen LogP contribution in [0.5, 0.6) is 0 Å². The van der Waals surface area contributed by atoms with Crippen molar-refractivity contribution in [2.75, 3.05) is 20.2 Å². The molecule has 0 heterocycles. The van der Waals surface area contributed by atoms with Gasteiger partial charge in [-0.3, -0.25) is 4.79 Å². The van der Waals surface area contributed by atoms with E-state index in [1.807, 2.05) is 30.3 Å². The molecule has 7 heteroatoms. The second-order valence-corrected chi connectivity index (χ2v) is 5.72. The van der Waals surface area contributed by atoms with E-state index in [1.165, 1.54) is 7.11 Å². The Hall–Kier alpha value is -2.57. The SMILES string of the molecule is CON=C(CNC(=O)CNC(=O)OC(C)(C)C)c1ccccc1. The first kappa shape index (κ1) is 18.5. The summed E-state index contributed by atoms with van der Waals surface area (Å²) in [7, 11) is 1.44. The van der Waals surface area contributed by atoms with Gasteiger partial charge in [0.1, 0.15) is 25.0 Å².